The number of nitrogens with zero attached hydrogens (tertiary/aromatic N) is 1. The predicted molar refractivity (Wildman–Crippen MR) is 84.8 cm³/mol. The Labute approximate surface area is 128 Å². The zero-order chi connectivity index (χ0) is 15.1. The lowest BCUT2D eigenvalue weighted by Gasteiger charge is -2.04. The van der Waals surface area contributed by atoms with Crippen molar-refractivity contribution in [3.63, 3.8) is 0 Å². The van der Waals surface area contributed by atoms with E-state index in [1.54, 1.807) is 12.1 Å². The van der Waals surface area contributed by atoms with Gasteiger partial charge in [-0.15, -0.1) is 0 Å². The normalized spacial score (nSPS) is 10.6. The van der Waals surface area contributed by atoms with Crippen molar-refractivity contribution in [2.45, 2.75) is 6.92 Å². The minimum absolute atomic E-state index is 0.141. The van der Waals surface area contributed by atoms with Crippen LogP contribution >= 0.6 is 11.6 Å². The van der Waals surface area contributed by atoms with E-state index in [1.165, 1.54) is 6.21 Å². The lowest BCUT2D eigenvalue weighted by Crippen LogP contribution is -2.16. The smallest absolute Gasteiger partial charge is 0.265 e. The maximum atomic E-state index is 11.6. The van der Waals surface area contributed by atoms with Crippen molar-refractivity contribution in [2.75, 3.05) is 11.9 Å². The van der Waals surface area contributed by atoms with E-state index in [0.717, 1.165) is 16.8 Å². The molecule has 0 heterocycles. The van der Waals surface area contributed by atoms with Crippen molar-refractivity contribution < 1.29 is 9.63 Å². The first-order valence-electron chi connectivity index (χ1n) is 6.41. The summed E-state index contributed by atoms with van der Waals surface area (Å²) in [5, 5.41) is 7.12. The number of anilines is 1. The summed E-state index contributed by atoms with van der Waals surface area (Å²) in [6.45, 7) is 1.85. The Morgan fingerprint density at radius 1 is 1.19 bits per heavy atom. The van der Waals surface area contributed by atoms with E-state index in [0.29, 0.717) is 5.02 Å². The molecule has 0 radical (unpaired) electrons. The van der Waals surface area contributed by atoms with Gasteiger partial charge in [0.1, 0.15) is 0 Å². The lowest BCUT2D eigenvalue weighted by atomic mass is 10.2. The molecule has 0 saturated heterocycles. The van der Waals surface area contributed by atoms with Gasteiger partial charge in [0.2, 0.25) is 0 Å². The SMILES string of the molecule is Cc1ccc(NC(=O)CO/N=C\c2ccc(Cl)cc2)cc1. The molecule has 2 aromatic rings. The molecule has 0 aliphatic rings. The third-order valence-electron chi connectivity index (χ3n) is 2.68. The van der Waals surface area contributed by atoms with E-state index in [-0.39, 0.29) is 12.5 Å². The van der Waals surface area contributed by atoms with Crippen LogP contribution in [0, 0.1) is 6.92 Å². The summed E-state index contributed by atoms with van der Waals surface area (Å²) in [4.78, 5) is 16.6. The molecule has 0 unspecified atom stereocenters. The number of hydrogen-bond donors (Lipinski definition) is 1. The molecular weight excluding hydrogens is 288 g/mol. The van der Waals surface area contributed by atoms with Crippen molar-refractivity contribution in [1.29, 1.82) is 0 Å². The zero-order valence-electron chi connectivity index (χ0n) is 11.5. The fourth-order valence-corrected chi connectivity index (χ4v) is 1.70. The van der Waals surface area contributed by atoms with Gasteiger partial charge in [0.05, 0.1) is 6.21 Å². The molecule has 108 valence electrons. The average molecular weight is 303 g/mol. The molecule has 0 spiro atoms. The molecule has 1 N–H and O–H groups in total. The summed E-state index contributed by atoms with van der Waals surface area (Å²) in [7, 11) is 0. The first-order valence-corrected chi connectivity index (χ1v) is 6.79. The molecule has 0 aromatic heterocycles. The fraction of sp³-hybridized carbons (Fsp3) is 0.125. The molecule has 1 amide bonds. The van der Waals surface area contributed by atoms with Gasteiger partial charge >= 0.3 is 0 Å². The summed E-state index contributed by atoms with van der Waals surface area (Å²) < 4.78 is 0. The maximum Gasteiger partial charge on any atom is 0.265 e. The number of rotatable bonds is 5. The number of carbonyl (C=O) groups is 1. The third-order valence-corrected chi connectivity index (χ3v) is 2.93. The Morgan fingerprint density at radius 3 is 2.52 bits per heavy atom. The minimum Gasteiger partial charge on any atom is -0.386 e. The van der Waals surface area contributed by atoms with E-state index in [2.05, 4.69) is 10.5 Å². The van der Waals surface area contributed by atoms with Crippen LogP contribution in [0.2, 0.25) is 5.02 Å². The van der Waals surface area contributed by atoms with E-state index in [1.807, 2.05) is 43.3 Å². The fourth-order valence-electron chi connectivity index (χ4n) is 1.58. The summed E-state index contributed by atoms with van der Waals surface area (Å²) in [6, 6.07) is 14.7. The predicted octanol–water partition coefficient (Wildman–Crippen LogP) is 3.64. The van der Waals surface area contributed by atoms with E-state index in [4.69, 9.17) is 16.4 Å². The summed E-state index contributed by atoms with van der Waals surface area (Å²) in [6.07, 6.45) is 1.52. The number of oxime groups is 1. The van der Waals surface area contributed by atoms with E-state index < -0.39 is 0 Å². The molecule has 5 heteroatoms. The zero-order valence-corrected chi connectivity index (χ0v) is 12.3. The molecule has 2 rings (SSSR count). The van der Waals surface area contributed by atoms with Gasteiger partial charge in [0.25, 0.3) is 5.91 Å². The highest BCUT2D eigenvalue weighted by molar-refractivity contribution is 6.30. The summed E-state index contributed by atoms with van der Waals surface area (Å²) in [5.41, 5.74) is 2.71. The molecule has 0 aliphatic carbocycles. The van der Waals surface area contributed by atoms with Gasteiger partial charge in [-0.3, -0.25) is 4.79 Å². The topological polar surface area (TPSA) is 50.7 Å². The van der Waals surface area contributed by atoms with Crippen LogP contribution in [-0.4, -0.2) is 18.7 Å². The third kappa shape index (κ3) is 5.28. The van der Waals surface area contributed by atoms with Crippen LogP contribution in [-0.2, 0) is 9.63 Å². The second kappa shape index (κ2) is 7.45. The Hall–Kier alpha value is -2.33. The van der Waals surface area contributed by atoms with Crippen LogP contribution in [0.25, 0.3) is 0 Å². The Morgan fingerprint density at radius 2 is 1.86 bits per heavy atom. The molecule has 0 bridgehead atoms. The molecule has 21 heavy (non-hydrogen) atoms. The van der Waals surface area contributed by atoms with Crippen molar-refractivity contribution in [3.8, 4) is 0 Å². The van der Waals surface area contributed by atoms with E-state index >= 15 is 0 Å². The quantitative estimate of drug-likeness (QED) is 0.677. The van der Waals surface area contributed by atoms with Crippen molar-refractivity contribution in [1.82, 2.24) is 0 Å². The van der Waals surface area contributed by atoms with Crippen molar-refractivity contribution in [3.05, 3.63) is 64.7 Å². The van der Waals surface area contributed by atoms with Crippen LogP contribution in [0.3, 0.4) is 0 Å². The largest absolute Gasteiger partial charge is 0.386 e. The molecule has 0 saturated carbocycles. The first kappa shape index (κ1) is 15.1. The Balaban J connectivity index is 1.76. The molecule has 0 aliphatic heterocycles. The number of benzene rings is 2. The lowest BCUT2D eigenvalue weighted by molar-refractivity contribution is -0.120. The molecule has 0 atom stereocenters. The summed E-state index contributed by atoms with van der Waals surface area (Å²) in [5.74, 6) is -0.257. The van der Waals surface area contributed by atoms with Crippen LogP contribution in [0.1, 0.15) is 11.1 Å². The Kier molecular flexibility index (Phi) is 5.35. The minimum atomic E-state index is -0.257. The van der Waals surface area contributed by atoms with Gasteiger partial charge in [-0.25, -0.2) is 0 Å². The Bertz CT molecular complexity index is 622. The first-order chi connectivity index (χ1) is 10.1. The molecule has 4 nitrogen and oxygen atoms in total. The highest BCUT2D eigenvalue weighted by Gasteiger charge is 2.01. The van der Waals surface area contributed by atoms with Gasteiger partial charge in [-0.1, -0.05) is 46.6 Å². The number of hydrogen-bond acceptors (Lipinski definition) is 3. The van der Waals surface area contributed by atoms with Crippen LogP contribution < -0.4 is 5.32 Å². The highest BCUT2D eigenvalue weighted by atomic mass is 35.5. The number of carbonyl (C=O) groups excluding carboxylic acids is 1. The van der Waals surface area contributed by atoms with Gasteiger partial charge < -0.3 is 10.2 Å². The summed E-state index contributed by atoms with van der Waals surface area (Å²) >= 11 is 5.77. The van der Waals surface area contributed by atoms with Crippen LogP contribution in [0.15, 0.2) is 53.7 Å². The number of nitrogens with one attached hydrogen (secondary N) is 1. The monoisotopic (exact) mass is 302 g/mol. The van der Waals surface area contributed by atoms with E-state index in [9.17, 15) is 4.79 Å². The van der Waals surface area contributed by atoms with Gasteiger partial charge in [-0.05, 0) is 36.8 Å². The standard InChI is InChI=1S/C16H15ClN2O2/c1-12-2-8-15(9-3-12)19-16(20)11-21-18-10-13-4-6-14(17)7-5-13/h2-10H,11H2,1H3,(H,19,20)/b18-10-. The van der Waals surface area contributed by atoms with Gasteiger partial charge in [-0.2, -0.15) is 0 Å². The number of aryl methyl sites for hydroxylation is 1. The van der Waals surface area contributed by atoms with Gasteiger partial charge in [0, 0.05) is 10.7 Å². The molecule has 0 fully saturated rings. The highest BCUT2D eigenvalue weighted by Crippen LogP contribution is 2.09. The molecule has 2 aromatic carbocycles. The maximum absolute atomic E-state index is 11.6. The van der Waals surface area contributed by atoms with Crippen LogP contribution in [0.5, 0.6) is 0 Å². The second-order valence-electron chi connectivity index (χ2n) is 4.47. The van der Waals surface area contributed by atoms with Crippen molar-refractivity contribution in [2.24, 2.45) is 5.16 Å². The number of halogens is 1. The molecular formula is C16H15ClN2O2. The van der Waals surface area contributed by atoms with Crippen LogP contribution in [0.4, 0.5) is 5.69 Å². The van der Waals surface area contributed by atoms with Gasteiger partial charge in [0.15, 0.2) is 6.61 Å². The average Bonchev–Trinajstić information content (AvgIpc) is 2.48. The van der Waals surface area contributed by atoms with Crippen molar-refractivity contribution >= 4 is 29.4 Å². The second-order valence-corrected chi connectivity index (χ2v) is 4.91. The number of amides is 1.